The summed E-state index contributed by atoms with van der Waals surface area (Å²) in [6.45, 7) is 0. The second kappa shape index (κ2) is 4.57. The van der Waals surface area contributed by atoms with Gasteiger partial charge in [-0.25, -0.2) is 4.98 Å². The molecule has 2 aromatic heterocycles. The van der Waals surface area contributed by atoms with Gasteiger partial charge in [-0.05, 0) is 24.3 Å². The minimum atomic E-state index is -0.0746. The maximum atomic E-state index is 12.0. The zero-order valence-corrected chi connectivity index (χ0v) is 10.3. The molecule has 4 heteroatoms. The smallest absolute Gasteiger partial charge is 0.193 e. The molecule has 19 heavy (non-hydrogen) atoms. The third-order valence-corrected chi connectivity index (χ3v) is 2.86. The molecule has 0 aliphatic rings. The molecule has 3 rings (SSSR count). The van der Waals surface area contributed by atoms with Gasteiger partial charge in [-0.2, -0.15) is 0 Å². The third kappa shape index (κ3) is 2.08. The van der Waals surface area contributed by atoms with Gasteiger partial charge in [0, 0.05) is 6.07 Å². The second-order valence-corrected chi connectivity index (χ2v) is 4.05. The lowest BCUT2D eigenvalue weighted by atomic mass is 10.2. The Bertz CT molecular complexity index is 775. The monoisotopic (exact) mass is 253 g/mol. The van der Waals surface area contributed by atoms with Gasteiger partial charge in [0.05, 0.1) is 18.7 Å². The SMILES string of the molecule is COc1ccc(-c2cc(=O)c3ccccc3o2)nc1. The second-order valence-electron chi connectivity index (χ2n) is 4.05. The van der Waals surface area contributed by atoms with Crippen molar-refractivity contribution in [1.29, 1.82) is 0 Å². The van der Waals surface area contributed by atoms with Gasteiger partial charge in [0.25, 0.3) is 0 Å². The molecule has 0 N–H and O–H groups in total. The Morgan fingerprint density at radius 2 is 2.00 bits per heavy atom. The molecule has 0 aliphatic heterocycles. The Labute approximate surface area is 109 Å². The molecule has 3 aromatic rings. The first-order valence-electron chi connectivity index (χ1n) is 5.81. The Morgan fingerprint density at radius 1 is 1.16 bits per heavy atom. The van der Waals surface area contributed by atoms with Crippen LogP contribution < -0.4 is 10.2 Å². The summed E-state index contributed by atoms with van der Waals surface area (Å²) in [5, 5.41) is 0.569. The molecule has 4 nitrogen and oxygen atoms in total. The Kier molecular flexibility index (Phi) is 2.76. The number of pyridine rings is 1. The van der Waals surface area contributed by atoms with Crippen LogP contribution >= 0.6 is 0 Å². The molecule has 2 heterocycles. The summed E-state index contributed by atoms with van der Waals surface area (Å²) in [4.78, 5) is 16.2. The highest BCUT2D eigenvalue weighted by atomic mass is 16.5. The molecule has 0 atom stereocenters. The summed E-state index contributed by atoms with van der Waals surface area (Å²) >= 11 is 0. The molecule has 94 valence electrons. The molecular weight excluding hydrogens is 242 g/mol. The predicted octanol–water partition coefficient (Wildman–Crippen LogP) is 2.86. The third-order valence-electron chi connectivity index (χ3n) is 2.86. The summed E-state index contributed by atoms with van der Waals surface area (Å²) in [5.74, 6) is 1.11. The molecule has 0 spiro atoms. The van der Waals surface area contributed by atoms with Crippen molar-refractivity contribution in [1.82, 2.24) is 4.98 Å². The van der Waals surface area contributed by atoms with E-state index in [2.05, 4.69) is 4.98 Å². The molecule has 0 aliphatic carbocycles. The van der Waals surface area contributed by atoms with E-state index in [1.165, 1.54) is 6.07 Å². The molecule has 0 unspecified atom stereocenters. The lowest BCUT2D eigenvalue weighted by Crippen LogP contribution is -2.00. The van der Waals surface area contributed by atoms with Crippen molar-refractivity contribution >= 4 is 11.0 Å². The van der Waals surface area contributed by atoms with E-state index >= 15 is 0 Å². The van der Waals surface area contributed by atoms with Crippen LogP contribution in [0.5, 0.6) is 5.75 Å². The van der Waals surface area contributed by atoms with Crippen molar-refractivity contribution in [3.8, 4) is 17.2 Å². The van der Waals surface area contributed by atoms with Gasteiger partial charge in [-0.3, -0.25) is 4.79 Å². The average Bonchev–Trinajstić information content (AvgIpc) is 2.47. The normalized spacial score (nSPS) is 10.6. The fourth-order valence-electron chi connectivity index (χ4n) is 1.88. The number of rotatable bonds is 2. The number of nitrogens with zero attached hydrogens (tertiary/aromatic N) is 1. The van der Waals surface area contributed by atoms with E-state index in [9.17, 15) is 4.79 Å². The van der Waals surface area contributed by atoms with Crippen molar-refractivity contribution in [2.75, 3.05) is 7.11 Å². The van der Waals surface area contributed by atoms with Crippen LogP contribution in [0.25, 0.3) is 22.4 Å². The van der Waals surface area contributed by atoms with Gasteiger partial charge in [-0.1, -0.05) is 12.1 Å². The van der Waals surface area contributed by atoms with Crippen LogP contribution in [0.1, 0.15) is 0 Å². The van der Waals surface area contributed by atoms with Crippen molar-refractivity contribution in [2.45, 2.75) is 0 Å². The molecule has 0 bridgehead atoms. The van der Waals surface area contributed by atoms with Gasteiger partial charge in [0.15, 0.2) is 11.2 Å². The highest BCUT2D eigenvalue weighted by Gasteiger charge is 2.07. The fraction of sp³-hybridized carbons (Fsp3) is 0.0667. The van der Waals surface area contributed by atoms with Crippen molar-refractivity contribution in [3.63, 3.8) is 0 Å². The quantitative estimate of drug-likeness (QED) is 0.704. The summed E-state index contributed by atoms with van der Waals surface area (Å²) < 4.78 is 10.7. The number of hydrogen-bond donors (Lipinski definition) is 0. The molecule has 0 radical (unpaired) electrons. The van der Waals surface area contributed by atoms with Crippen LogP contribution in [0, 0.1) is 0 Å². The Morgan fingerprint density at radius 3 is 2.74 bits per heavy atom. The van der Waals surface area contributed by atoms with E-state index in [-0.39, 0.29) is 5.43 Å². The van der Waals surface area contributed by atoms with E-state index in [0.717, 1.165) is 0 Å². The van der Waals surface area contributed by atoms with Gasteiger partial charge in [0.2, 0.25) is 0 Å². The van der Waals surface area contributed by atoms with Crippen LogP contribution in [-0.4, -0.2) is 12.1 Å². The number of para-hydroxylation sites is 1. The summed E-state index contributed by atoms with van der Waals surface area (Å²) in [6.07, 6.45) is 1.59. The fourth-order valence-corrected chi connectivity index (χ4v) is 1.88. The molecule has 1 aromatic carbocycles. The average molecular weight is 253 g/mol. The lowest BCUT2D eigenvalue weighted by molar-refractivity contribution is 0.413. The van der Waals surface area contributed by atoms with E-state index < -0.39 is 0 Å². The first-order valence-corrected chi connectivity index (χ1v) is 5.81. The zero-order valence-electron chi connectivity index (χ0n) is 10.3. The summed E-state index contributed by atoms with van der Waals surface area (Å²) in [6, 6.07) is 12.1. The van der Waals surface area contributed by atoms with Gasteiger partial charge >= 0.3 is 0 Å². The highest BCUT2D eigenvalue weighted by molar-refractivity contribution is 5.78. The minimum absolute atomic E-state index is 0.0746. The maximum absolute atomic E-state index is 12.0. The zero-order chi connectivity index (χ0) is 13.2. The Balaban J connectivity index is 2.16. The van der Waals surface area contributed by atoms with Crippen LogP contribution in [0.15, 0.2) is 57.9 Å². The summed E-state index contributed by atoms with van der Waals surface area (Å²) in [5.41, 5.74) is 1.08. The number of ether oxygens (including phenoxy) is 1. The van der Waals surface area contributed by atoms with Crippen LogP contribution in [0.2, 0.25) is 0 Å². The van der Waals surface area contributed by atoms with E-state index in [4.69, 9.17) is 9.15 Å². The molecule has 0 fully saturated rings. The van der Waals surface area contributed by atoms with Gasteiger partial charge in [0.1, 0.15) is 17.0 Å². The van der Waals surface area contributed by atoms with E-state index in [1.54, 1.807) is 37.6 Å². The highest BCUT2D eigenvalue weighted by Crippen LogP contribution is 2.21. The van der Waals surface area contributed by atoms with Crippen molar-refractivity contribution < 1.29 is 9.15 Å². The topological polar surface area (TPSA) is 52.3 Å². The first kappa shape index (κ1) is 11.5. The molecule has 0 amide bonds. The van der Waals surface area contributed by atoms with Gasteiger partial charge < -0.3 is 9.15 Å². The van der Waals surface area contributed by atoms with Crippen LogP contribution in [0.3, 0.4) is 0 Å². The number of fused-ring (bicyclic) bond motifs is 1. The Hall–Kier alpha value is -2.62. The first-order chi connectivity index (χ1) is 9.28. The number of benzene rings is 1. The van der Waals surface area contributed by atoms with Gasteiger partial charge in [-0.15, -0.1) is 0 Å². The number of aromatic nitrogens is 1. The minimum Gasteiger partial charge on any atom is -0.495 e. The van der Waals surface area contributed by atoms with E-state index in [0.29, 0.717) is 28.2 Å². The summed E-state index contributed by atoms with van der Waals surface area (Å²) in [7, 11) is 1.58. The number of hydrogen-bond acceptors (Lipinski definition) is 4. The standard InChI is InChI=1S/C15H11NO3/c1-18-10-6-7-12(16-9-10)15-8-13(17)11-4-2-3-5-14(11)19-15/h2-9H,1H3. The maximum Gasteiger partial charge on any atom is 0.193 e. The predicted molar refractivity (Wildman–Crippen MR) is 72.3 cm³/mol. The molecular formula is C15H11NO3. The molecule has 0 saturated heterocycles. The van der Waals surface area contributed by atoms with Crippen LogP contribution in [0.4, 0.5) is 0 Å². The van der Waals surface area contributed by atoms with E-state index in [1.807, 2.05) is 12.1 Å². The van der Waals surface area contributed by atoms with Crippen LogP contribution in [-0.2, 0) is 0 Å². The lowest BCUT2D eigenvalue weighted by Gasteiger charge is -2.03. The van der Waals surface area contributed by atoms with Crippen molar-refractivity contribution in [3.05, 3.63) is 58.9 Å². The van der Waals surface area contributed by atoms with Crippen molar-refractivity contribution in [2.24, 2.45) is 0 Å². The number of methoxy groups -OCH3 is 1. The molecule has 0 saturated carbocycles. The largest absolute Gasteiger partial charge is 0.495 e.